The molecule has 46 heteroatoms. The lowest BCUT2D eigenvalue weighted by atomic mass is 9.94. The second-order valence-electron chi connectivity index (χ2n) is 26.1. The number of aliphatic hydroxyl groups is 22. The highest BCUT2D eigenvalue weighted by Gasteiger charge is 2.60. The van der Waals surface area contributed by atoms with Gasteiger partial charge in [-0.05, 0) is 6.92 Å². The summed E-state index contributed by atoms with van der Waals surface area (Å²) in [5.74, 6) is -2.62. The second kappa shape index (κ2) is 38.3. The van der Waals surface area contributed by atoms with Crippen LogP contribution in [0.15, 0.2) is 0 Å². The molecule has 0 aromatic carbocycles. The van der Waals surface area contributed by atoms with Gasteiger partial charge in [-0.1, -0.05) is 0 Å². The summed E-state index contributed by atoms with van der Waals surface area (Å²) in [5, 5.41) is 251. The number of carbonyl (C=O) groups excluding carboxylic acids is 4. The minimum atomic E-state index is -2.26. The van der Waals surface area contributed by atoms with Crippen molar-refractivity contribution in [2.24, 2.45) is 0 Å². The Hall–Kier alpha value is -3.64. The molecule has 8 saturated heterocycles. The Bertz CT molecular complexity index is 2680. The van der Waals surface area contributed by atoms with Crippen LogP contribution >= 0.6 is 0 Å². The maximum Gasteiger partial charge on any atom is 0.217 e. The molecule has 8 rings (SSSR count). The van der Waals surface area contributed by atoms with Crippen molar-refractivity contribution in [3.8, 4) is 0 Å². The summed E-state index contributed by atoms with van der Waals surface area (Å²) in [7, 11) is 0. The Labute approximate surface area is 590 Å². The molecule has 4 amide bonds. The van der Waals surface area contributed by atoms with E-state index in [0.29, 0.717) is 0 Å². The third-order valence-electron chi connectivity index (χ3n) is 18.8. The second-order valence-corrected chi connectivity index (χ2v) is 26.1. The van der Waals surface area contributed by atoms with E-state index in [1.54, 1.807) is 0 Å². The number of hydrogen-bond donors (Lipinski definition) is 26. The quantitative estimate of drug-likeness (QED) is 0.0297. The summed E-state index contributed by atoms with van der Waals surface area (Å²) in [6, 6.07) is -6.40. The van der Waals surface area contributed by atoms with Gasteiger partial charge in [-0.3, -0.25) is 19.2 Å². The van der Waals surface area contributed by atoms with Crippen LogP contribution in [0.2, 0.25) is 0 Å². The molecule has 8 aliphatic rings. The molecule has 104 heavy (non-hydrogen) atoms. The third kappa shape index (κ3) is 19.4. The molecule has 26 N–H and O–H groups in total. The largest absolute Gasteiger partial charge is 0.394 e. The van der Waals surface area contributed by atoms with Crippen LogP contribution < -0.4 is 21.3 Å². The number of carbonyl (C=O) groups is 4. The van der Waals surface area contributed by atoms with Crippen LogP contribution in [0, 0.1) is 0 Å². The lowest BCUT2D eigenvalue weighted by Gasteiger charge is -2.51. The van der Waals surface area contributed by atoms with E-state index in [1.165, 1.54) is 6.92 Å². The van der Waals surface area contributed by atoms with Gasteiger partial charge < -0.3 is 209 Å². The predicted octanol–water partition coefficient (Wildman–Crippen LogP) is -17.9. The van der Waals surface area contributed by atoms with Gasteiger partial charge in [-0.15, -0.1) is 0 Å². The van der Waals surface area contributed by atoms with Crippen LogP contribution in [0.5, 0.6) is 0 Å². The minimum Gasteiger partial charge on any atom is -0.394 e. The first kappa shape index (κ1) is 86.0. The van der Waals surface area contributed by atoms with Gasteiger partial charge >= 0.3 is 0 Å². The van der Waals surface area contributed by atoms with E-state index in [1.807, 2.05) is 0 Å². The molecule has 0 aliphatic carbocycles. The summed E-state index contributed by atoms with van der Waals surface area (Å²) >= 11 is 0. The summed E-state index contributed by atoms with van der Waals surface area (Å²) in [6.45, 7) is -4.10. The third-order valence-corrected chi connectivity index (χ3v) is 18.8. The van der Waals surface area contributed by atoms with E-state index >= 15 is 0 Å². The maximum absolute atomic E-state index is 12.9. The molecule has 41 atom stereocenters. The number of amides is 4. The molecule has 0 unspecified atom stereocenters. The molecule has 8 heterocycles. The average Bonchev–Trinajstić information content (AvgIpc) is 0.767. The van der Waals surface area contributed by atoms with Crippen LogP contribution in [0.4, 0.5) is 0 Å². The Kier molecular flexibility index (Phi) is 31.7. The molecule has 8 aliphatic heterocycles. The van der Waals surface area contributed by atoms with Gasteiger partial charge in [-0.25, -0.2) is 0 Å². The normalized spacial score (nSPS) is 47.6. The van der Waals surface area contributed by atoms with Crippen LogP contribution in [0.25, 0.3) is 0 Å². The van der Waals surface area contributed by atoms with Crippen molar-refractivity contribution in [3.63, 3.8) is 0 Å². The van der Waals surface area contributed by atoms with Crippen molar-refractivity contribution in [3.05, 3.63) is 0 Å². The van der Waals surface area contributed by atoms with Crippen LogP contribution in [0.3, 0.4) is 0 Å². The molecular formula is C58H98N4O42. The highest BCUT2D eigenvalue weighted by molar-refractivity contribution is 5.74. The fraction of sp³-hybridized carbons (Fsp3) is 0.931. The van der Waals surface area contributed by atoms with Gasteiger partial charge in [0, 0.05) is 20.8 Å². The zero-order chi connectivity index (χ0) is 76.6. The van der Waals surface area contributed by atoms with Crippen LogP contribution in [0.1, 0.15) is 27.7 Å². The maximum atomic E-state index is 12.9. The summed E-state index contributed by atoms with van der Waals surface area (Å²) < 4.78 is 94.0. The van der Waals surface area contributed by atoms with E-state index in [9.17, 15) is 132 Å². The summed E-state index contributed by atoms with van der Waals surface area (Å²) in [5.41, 5.74) is 0. The zero-order valence-corrected chi connectivity index (χ0v) is 56.1. The fourth-order valence-electron chi connectivity index (χ4n) is 13.1. The van der Waals surface area contributed by atoms with Gasteiger partial charge in [0.2, 0.25) is 24.1 Å². The van der Waals surface area contributed by atoms with Crippen molar-refractivity contribution in [1.29, 1.82) is 0 Å². The molecule has 0 aromatic heterocycles. The number of ether oxygens (including phenoxy) is 16. The highest BCUT2D eigenvalue weighted by Crippen LogP contribution is 2.39. The van der Waals surface area contributed by atoms with Crippen molar-refractivity contribution < 1.29 is 207 Å². The Morgan fingerprint density at radius 1 is 0.337 bits per heavy atom. The molecule has 0 bridgehead atoms. The van der Waals surface area contributed by atoms with Crippen LogP contribution in [-0.4, -0.2) is 447 Å². The monoisotopic (exact) mass is 1520 g/mol. The van der Waals surface area contributed by atoms with Crippen LogP contribution in [-0.2, 0) is 95.0 Å². The molecule has 0 saturated carbocycles. The molecule has 0 spiro atoms. The van der Waals surface area contributed by atoms with E-state index in [4.69, 9.17) is 75.8 Å². The Balaban J connectivity index is 0.985. The predicted molar refractivity (Wildman–Crippen MR) is 322 cm³/mol. The summed E-state index contributed by atoms with van der Waals surface area (Å²) in [4.78, 5) is 49.1. The first-order valence-electron chi connectivity index (χ1n) is 33.2. The van der Waals surface area contributed by atoms with Gasteiger partial charge in [0.05, 0.1) is 71.6 Å². The average molecular weight is 1520 g/mol. The first-order chi connectivity index (χ1) is 49.3. The minimum absolute atomic E-state index is 0.263. The van der Waals surface area contributed by atoms with Crippen molar-refractivity contribution in [2.75, 3.05) is 59.5 Å². The first-order valence-corrected chi connectivity index (χ1v) is 33.2. The highest BCUT2D eigenvalue weighted by atomic mass is 16.8. The van der Waals surface area contributed by atoms with Gasteiger partial charge in [0.25, 0.3) is 0 Å². The van der Waals surface area contributed by atoms with E-state index in [0.717, 1.165) is 20.8 Å². The van der Waals surface area contributed by atoms with Gasteiger partial charge in [0.15, 0.2) is 50.3 Å². The molecule has 602 valence electrons. The molecule has 46 nitrogen and oxygen atoms in total. The standard InChI is InChI=1S/C58H98N4O42/c1-15-30(74)38(82)41(85)55(91-15)104-50-49(103-52-27(60-16(2)71)35(79)31(75)20(6-64)92-52)34(78)22(8-66)94-58(50)101-46-23(9-67)95-51(28(36(46)80)61-17(3)72)90-13-26-32(76)39(83)42(86)56(98-26)99-45-24(10-68)96-53(29(37(45)81)62-18(4)73)102-48-33(77)21(7-65)93-57(44(48)88)100-47-25(11-69)97-54(43(87)40(47)84)89-12-19(5-63)59-14-70/h14-15,19-58,63-69,74-88H,5-13H2,1-4H3,(H,59,70)(H,60,71)(H,61,72)(H,62,73)/t15-,19+,20+,21+,22+,23+,24+,25+,26+,27+,28+,29+,30+,31-,32-,33-,34-,35+,36+,37+,38+,39-,40+,41-,42+,43+,44+,45+,46+,47+,48-,49-,50+,51+,52+,53-,54+,55-,56-,57-,58-/m0/s1. The zero-order valence-electron chi connectivity index (χ0n) is 56.1. The molecular weight excluding hydrogens is 1420 g/mol. The number of aliphatic hydroxyl groups excluding tert-OH is 22. The van der Waals surface area contributed by atoms with E-state index < -0.39 is 329 Å². The Morgan fingerprint density at radius 3 is 1.20 bits per heavy atom. The van der Waals surface area contributed by atoms with Crippen molar-refractivity contribution in [2.45, 2.75) is 279 Å². The lowest BCUT2D eigenvalue weighted by Crippen LogP contribution is -2.70. The number of rotatable bonds is 30. The fourth-order valence-corrected chi connectivity index (χ4v) is 13.1. The summed E-state index contributed by atoms with van der Waals surface area (Å²) in [6.07, 6.45) is -72.2. The molecule has 0 radical (unpaired) electrons. The van der Waals surface area contributed by atoms with Crippen molar-refractivity contribution in [1.82, 2.24) is 21.3 Å². The SMILES string of the molecule is CC(=O)N[C@H]1[C@H](O[C@H]2[C@@H](O)[C@@H](CO)O[C@@H](O[C@H]3[C@H](O)[C@@H](O)[C@H](OC[C@@H](CO)NC=O)O[C@@H]3CO)[C@@H]2O)O[C@H](CO)[C@@H](O[C@@H]2O[C@H](CO[C@@H]3O[C@H](CO)[C@@H](O[C@@H]4O[C@H](CO)[C@H](O)[C@H](O[C@H]5O[C@H](CO)[C@H](O)[C@H](O)[C@H]5NC(C)=O)[C@H]4O[C@@H]4O[C@@H](C)[C@@H](O)[C@@H](O)[C@@H]4O)[C@H](O)[C@H]3NC(C)=O)[C@H](O)[C@H](O)[C@H]2O)[C@@H]1O. The lowest BCUT2D eigenvalue weighted by molar-refractivity contribution is -0.399. The Morgan fingerprint density at radius 2 is 0.692 bits per heavy atom. The van der Waals surface area contributed by atoms with Gasteiger partial charge in [-0.2, -0.15) is 0 Å². The smallest absolute Gasteiger partial charge is 0.217 e. The number of nitrogens with one attached hydrogen (secondary N) is 4. The number of hydrogen-bond acceptors (Lipinski definition) is 42. The van der Waals surface area contributed by atoms with Crippen molar-refractivity contribution >= 4 is 24.1 Å². The molecule has 8 fully saturated rings. The van der Waals surface area contributed by atoms with E-state index in [2.05, 4.69) is 21.3 Å². The van der Waals surface area contributed by atoms with E-state index in [-0.39, 0.29) is 6.41 Å². The topological polar surface area (TPSA) is 709 Å². The van der Waals surface area contributed by atoms with Gasteiger partial charge in [0.1, 0.15) is 189 Å². The molecule has 0 aromatic rings.